The van der Waals surface area contributed by atoms with E-state index >= 15 is 0 Å². The Labute approximate surface area is 125 Å². The van der Waals surface area contributed by atoms with Crippen LogP contribution >= 0.6 is 0 Å². The van der Waals surface area contributed by atoms with Gasteiger partial charge in [0, 0.05) is 20.3 Å². The zero-order valence-corrected chi connectivity index (χ0v) is 13.2. The van der Waals surface area contributed by atoms with Gasteiger partial charge in [0.05, 0.1) is 17.1 Å². The number of sulfonamides is 1. The van der Waals surface area contributed by atoms with E-state index in [0.717, 1.165) is 12.1 Å². The van der Waals surface area contributed by atoms with Gasteiger partial charge in [0.1, 0.15) is 11.9 Å². The number of fused-ring (bicyclic) bond motifs is 1. The van der Waals surface area contributed by atoms with E-state index in [1.165, 1.54) is 0 Å². The fourth-order valence-electron chi connectivity index (χ4n) is 2.10. The summed E-state index contributed by atoms with van der Waals surface area (Å²) in [5.41, 5.74) is 0.722. The highest BCUT2D eigenvalue weighted by Gasteiger charge is 2.21. The van der Waals surface area contributed by atoms with Crippen LogP contribution < -0.4 is 14.8 Å². The molecule has 0 saturated carbocycles. The fourth-order valence-corrected chi connectivity index (χ4v) is 3.20. The Morgan fingerprint density at radius 1 is 1.48 bits per heavy atom. The first-order valence-electron chi connectivity index (χ1n) is 7.10. The molecule has 7 heteroatoms. The molecule has 1 unspecified atom stereocenters. The van der Waals surface area contributed by atoms with E-state index in [9.17, 15) is 8.42 Å². The Bertz CT molecular complexity index is 574. The van der Waals surface area contributed by atoms with Gasteiger partial charge in [-0.2, -0.15) is 0 Å². The SMILES string of the molecule is CCC1CNc2cc(S(=O)(=O)NCCCOC)ccc2O1. The summed E-state index contributed by atoms with van der Waals surface area (Å²) in [5, 5.41) is 3.22. The van der Waals surface area contributed by atoms with Gasteiger partial charge in [-0.15, -0.1) is 0 Å². The number of anilines is 1. The summed E-state index contributed by atoms with van der Waals surface area (Å²) in [7, 11) is -1.90. The van der Waals surface area contributed by atoms with Gasteiger partial charge >= 0.3 is 0 Å². The molecule has 0 fully saturated rings. The molecule has 21 heavy (non-hydrogen) atoms. The molecule has 0 radical (unpaired) electrons. The molecule has 0 bridgehead atoms. The number of rotatable bonds is 7. The molecular formula is C14H22N2O4S. The van der Waals surface area contributed by atoms with E-state index in [1.54, 1.807) is 25.3 Å². The van der Waals surface area contributed by atoms with Gasteiger partial charge in [-0.3, -0.25) is 0 Å². The molecule has 1 heterocycles. The summed E-state index contributed by atoms with van der Waals surface area (Å²) >= 11 is 0. The van der Waals surface area contributed by atoms with Crippen LogP contribution in [-0.2, 0) is 14.8 Å². The Morgan fingerprint density at radius 2 is 2.29 bits per heavy atom. The van der Waals surface area contributed by atoms with E-state index in [-0.39, 0.29) is 11.0 Å². The van der Waals surface area contributed by atoms with Crippen molar-refractivity contribution in [2.24, 2.45) is 0 Å². The van der Waals surface area contributed by atoms with Gasteiger partial charge in [-0.1, -0.05) is 6.92 Å². The Balaban J connectivity index is 2.07. The van der Waals surface area contributed by atoms with E-state index in [2.05, 4.69) is 17.0 Å². The van der Waals surface area contributed by atoms with Crippen LogP contribution in [-0.4, -0.2) is 41.3 Å². The average Bonchev–Trinajstić information content (AvgIpc) is 2.50. The minimum absolute atomic E-state index is 0.132. The third-order valence-electron chi connectivity index (χ3n) is 3.35. The molecule has 1 aromatic carbocycles. The highest BCUT2D eigenvalue weighted by molar-refractivity contribution is 7.89. The number of methoxy groups -OCH3 is 1. The molecule has 0 spiro atoms. The van der Waals surface area contributed by atoms with Crippen molar-refractivity contribution in [3.63, 3.8) is 0 Å². The summed E-state index contributed by atoms with van der Waals surface area (Å²) in [5.74, 6) is 0.700. The van der Waals surface area contributed by atoms with Crippen LogP contribution in [0.3, 0.4) is 0 Å². The monoisotopic (exact) mass is 314 g/mol. The highest BCUT2D eigenvalue weighted by atomic mass is 32.2. The summed E-state index contributed by atoms with van der Waals surface area (Å²) in [4.78, 5) is 0.240. The van der Waals surface area contributed by atoms with Gasteiger partial charge in [0.25, 0.3) is 0 Å². The first-order valence-corrected chi connectivity index (χ1v) is 8.58. The second-order valence-corrected chi connectivity index (χ2v) is 6.70. The molecule has 1 aliphatic rings. The third kappa shape index (κ3) is 4.09. The quantitative estimate of drug-likeness (QED) is 0.747. The molecule has 6 nitrogen and oxygen atoms in total. The maximum absolute atomic E-state index is 12.2. The lowest BCUT2D eigenvalue weighted by atomic mass is 10.2. The number of nitrogens with one attached hydrogen (secondary N) is 2. The molecule has 0 amide bonds. The fraction of sp³-hybridized carbons (Fsp3) is 0.571. The molecule has 0 saturated heterocycles. The molecular weight excluding hydrogens is 292 g/mol. The maximum Gasteiger partial charge on any atom is 0.240 e. The lowest BCUT2D eigenvalue weighted by Crippen LogP contribution is -2.30. The molecule has 0 aromatic heterocycles. The van der Waals surface area contributed by atoms with Crippen LogP contribution in [0.4, 0.5) is 5.69 Å². The molecule has 2 rings (SSSR count). The average molecular weight is 314 g/mol. The van der Waals surface area contributed by atoms with Crippen molar-refractivity contribution in [1.29, 1.82) is 0 Å². The van der Waals surface area contributed by atoms with Crippen molar-refractivity contribution in [2.45, 2.75) is 30.8 Å². The highest BCUT2D eigenvalue weighted by Crippen LogP contribution is 2.31. The second kappa shape index (κ2) is 7.11. The predicted molar refractivity (Wildman–Crippen MR) is 81.3 cm³/mol. The van der Waals surface area contributed by atoms with Crippen molar-refractivity contribution in [1.82, 2.24) is 4.72 Å². The smallest absolute Gasteiger partial charge is 0.240 e. The minimum Gasteiger partial charge on any atom is -0.486 e. The molecule has 118 valence electrons. The molecule has 2 N–H and O–H groups in total. The standard InChI is InChI=1S/C14H22N2O4S/c1-3-11-10-15-13-9-12(5-6-14(13)20-11)21(17,18)16-7-4-8-19-2/h5-6,9,11,15-16H,3-4,7-8,10H2,1-2H3. The van der Waals surface area contributed by atoms with Crippen LogP contribution in [0.15, 0.2) is 23.1 Å². The van der Waals surface area contributed by atoms with E-state index < -0.39 is 10.0 Å². The topological polar surface area (TPSA) is 76.7 Å². The lowest BCUT2D eigenvalue weighted by molar-refractivity contribution is 0.196. The first kappa shape index (κ1) is 16.1. The van der Waals surface area contributed by atoms with Crippen LogP contribution in [0.5, 0.6) is 5.75 Å². The van der Waals surface area contributed by atoms with Crippen LogP contribution in [0.25, 0.3) is 0 Å². The number of hydrogen-bond donors (Lipinski definition) is 2. The van der Waals surface area contributed by atoms with Gasteiger partial charge in [0.2, 0.25) is 10.0 Å². The van der Waals surface area contributed by atoms with E-state index in [4.69, 9.17) is 9.47 Å². The van der Waals surface area contributed by atoms with Crippen LogP contribution in [0, 0.1) is 0 Å². The van der Waals surface area contributed by atoms with Crippen molar-refractivity contribution in [3.8, 4) is 5.75 Å². The summed E-state index contributed by atoms with van der Waals surface area (Å²) in [6.07, 6.45) is 1.68. The molecule has 1 aliphatic heterocycles. The number of hydrogen-bond acceptors (Lipinski definition) is 5. The minimum atomic E-state index is -3.49. The Hall–Kier alpha value is -1.31. The van der Waals surface area contributed by atoms with Crippen molar-refractivity contribution >= 4 is 15.7 Å². The summed E-state index contributed by atoms with van der Waals surface area (Å²) < 4.78 is 37.6. The third-order valence-corrected chi connectivity index (χ3v) is 4.81. The van der Waals surface area contributed by atoms with Crippen molar-refractivity contribution in [3.05, 3.63) is 18.2 Å². The molecule has 1 atom stereocenters. The van der Waals surface area contributed by atoms with Gasteiger partial charge in [0.15, 0.2) is 0 Å². The zero-order chi connectivity index (χ0) is 15.3. The van der Waals surface area contributed by atoms with Gasteiger partial charge < -0.3 is 14.8 Å². The number of ether oxygens (including phenoxy) is 2. The molecule has 1 aromatic rings. The van der Waals surface area contributed by atoms with Gasteiger partial charge in [-0.25, -0.2) is 13.1 Å². The Kier molecular flexibility index (Phi) is 5.44. The number of benzene rings is 1. The zero-order valence-electron chi connectivity index (χ0n) is 12.4. The van der Waals surface area contributed by atoms with Crippen LogP contribution in [0.1, 0.15) is 19.8 Å². The predicted octanol–water partition coefficient (Wildman–Crippen LogP) is 1.58. The normalized spacial score (nSPS) is 17.7. The van der Waals surface area contributed by atoms with Crippen LogP contribution in [0.2, 0.25) is 0 Å². The Morgan fingerprint density at radius 3 is 3.00 bits per heavy atom. The second-order valence-electron chi connectivity index (χ2n) is 4.93. The van der Waals surface area contributed by atoms with Gasteiger partial charge in [-0.05, 0) is 31.0 Å². The van der Waals surface area contributed by atoms with Crippen molar-refractivity contribution in [2.75, 3.05) is 32.1 Å². The first-order chi connectivity index (χ1) is 10.1. The molecule has 0 aliphatic carbocycles. The largest absolute Gasteiger partial charge is 0.486 e. The maximum atomic E-state index is 12.2. The van der Waals surface area contributed by atoms with E-state index in [0.29, 0.717) is 31.9 Å². The summed E-state index contributed by atoms with van der Waals surface area (Å²) in [6, 6.07) is 4.88. The summed E-state index contributed by atoms with van der Waals surface area (Å²) in [6.45, 7) is 3.63. The van der Waals surface area contributed by atoms with E-state index in [1.807, 2.05) is 0 Å². The van der Waals surface area contributed by atoms with Crippen molar-refractivity contribution < 1.29 is 17.9 Å². The lowest BCUT2D eigenvalue weighted by Gasteiger charge is -2.26.